The number of pyridine rings is 1. The molecule has 0 aliphatic heterocycles. The molecule has 0 radical (unpaired) electrons. The summed E-state index contributed by atoms with van der Waals surface area (Å²) >= 11 is 0. The van der Waals surface area contributed by atoms with Crippen molar-refractivity contribution in [1.82, 2.24) is 4.98 Å². The number of nitrogens with zero attached hydrogens (tertiary/aromatic N) is 1. The normalized spacial score (nSPS) is 13.9. The lowest BCUT2D eigenvalue weighted by Gasteiger charge is -2.15. The van der Waals surface area contributed by atoms with Gasteiger partial charge in [0.2, 0.25) is 0 Å². The number of hydrogen-bond acceptors (Lipinski definition) is 1. The van der Waals surface area contributed by atoms with Crippen LogP contribution in [0.5, 0.6) is 0 Å². The molecule has 0 amide bonds. The molecule has 1 aliphatic rings. The zero-order valence-electron chi connectivity index (χ0n) is 11.1. The summed E-state index contributed by atoms with van der Waals surface area (Å²) in [5, 5.41) is 0. The summed E-state index contributed by atoms with van der Waals surface area (Å²) in [6, 6.07) is 9.07. The molecule has 18 heavy (non-hydrogen) atoms. The SMILES string of the molecule is CC(C)c1cc2c(cc1-c1ccncc1)CCC2. The van der Waals surface area contributed by atoms with E-state index in [0.29, 0.717) is 5.92 Å². The van der Waals surface area contributed by atoms with Gasteiger partial charge in [-0.25, -0.2) is 0 Å². The highest BCUT2D eigenvalue weighted by atomic mass is 14.6. The zero-order chi connectivity index (χ0) is 12.5. The van der Waals surface area contributed by atoms with Gasteiger partial charge in [-0.05, 0) is 65.1 Å². The average Bonchev–Trinajstić information content (AvgIpc) is 2.85. The summed E-state index contributed by atoms with van der Waals surface area (Å²) in [6.07, 6.45) is 7.57. The van der Waals surface area contributed by atoms with Crippen LogP contribution in [0.3, 0.4) is 0 Å². The third-order valence-corrected chi connectivity index (χ3v) is 3.88. The number of aryl methyl sites for hydroxylation is 2. The molecule has 2 aromatic rings. The lowest BCUT2D eigenvalue weighted by Crippen LogP contribution is -1.96. The molecule has 0 fully saturated rings. The Labute approximate surface area is 109 Å². The number of aromatic nitrogens is 1. The maximum absolute atomic E-state index is 4.12. The lowest BCUT2D eigenvalue weighted by atomic mass is 9.89. The number of hydrogen-bond donors (Lipinski definition) is 0. The summed E-state index contributed by atoms with van der Waals surface area (Å²) in [5.41, 5.74) is 7.28. The minimum absolute atomic E-state index is 0.569. The molecule has 0 unspecified atom stereocenters. The van der Waals surface area contributed by atoms with Gasteiger partial charge in [0.25, 0.3) is 0 Å². The quantitative estimate of drug-likeness (QED) is 0.756. The number of rotatable bonds is 2. The van der Waals surface area contributed by atoms with Gasteiger partial charge in [-0.2, -0.15) is 0 Å². The van der Waals surface area contributed by atoms with Crippen molar-refractivity contribution in [1.29, 1.82) is 0 Å². The van der Waals surface area contributed by atoms with Crippen LogP contribution in [0, 0.1) is 0 Å². The van der Waals surface area contributed by atoms with Gasteiger partial charge in [0.15, 0.2) is 0 Å². The van der Waals surface area contributed by atoms with E-state index in [1.807, 2.05) is 12.4 Å². The summed E-state index contributed by atoms with van der Waals surface area (Å²) < 4.78 is 0. The zero-order valence-corrected chi connectivity index (χ0v) is 11.1. The highest BCUT2D eigenvalue weighted by molar-refractivity contribution is 5.69. The van der Waals surface area contributed by atoms with E-state index in [4.69, 9.17) is 0 Å². The van der Waals surface area contributed by atoms with E-state index in [9.17, 15) is 0 Å². The van der Waals surface area contributed by atoms with Gasteiger partial charge in [-0.1, -0.05) is 26.0 Å². The summed E-state index contributed by atoms with van der Waals surface area (Å²) in [4.78, 5) is 4.12. The van der Waals surface area contributed by atoms with Crippen LogP contribution in [0.15, 0.2) is 36.7 Å². The van der Waals surface area contributed by atoms with Crippen molar-refractivity contribution in [3.05, 3.63) is 53.3 Å². The molecule has 3 rings (SSSR count). The van der Waals surface area contributed by atoms with Gasteiger partial charge >= 0.3 is 0 Å². The first-order valence-corrected chi connectivity index (χ1v) is 6.82. The summed E-state index contributed by atoms with van der Waals surface area (Å²) in [5.74, 6) is 0.569. The van der Waals surface area contributed by atoms with Crippen LogP contribution < -0.4 is 0 Å². The topological polar surface area (TPSA) is 12.9 Å². The Morgan fingerprint density at radius 2 is 1.67 bits per heavy atom. The van der Waals surface area contributed by atoms with Crippen LogP contribution in [-0.4, -0.2) is 4.98 Å². The van der Waals surface area contributed by atoms with Crippen LogP contribution in [0.25, 0.3) is 11.1 Å². The van der Waals surface area contributed by atoms with Gasteiger partial charge in [-0.15, -0.1) is 0 Å². The van der Waals surface area contributed by atoms with Crippen LogP contribution in [-0.2, 0) is 12.8 Å². The minimum atomic E-state index is 0.569. The smallest absolute Gasteiger partial charge is 0.0273 e. The van der Waals surface area contributed by atoms with E-state index in [2.05, 4.69) is 43.1 Å². The third-order valence-electron chi connectivity index (χ3n) is 3.88. The van der Waals surface area contributed by atoms with E-state index in [1.165, 1.54) is 36.0 Å². The molecular formula is C17H19N. The fourth-order valence-electron chi connectivity index (χ4n) is 2.90. The maximum Gasteiger partial charge on any atom is 0.0273 e. The van der Waals surface area contributed by atoms with E-state index >= 15 is 0 Å². The second kappa shape index (κ2) is 4.56. The molecule has 0 bridgehead atoms. The van der Waals surface area contributed by atoms with E-state index in [0.717, 1.165) is 0 Å². The van der Waals surface area contributed by atoms with E-state index < -0.39 is 0 Å². The Hall–Kier alpha value is -1.63. The van der Waals surface area contributed by atoms with Crippen molar-refractivity contribution in [2.24, 2.45) is 0 Å². The molecule has 1 heterocycles. The molecule has 92 valence electrons. The Morgan fingerprint density at radius 3 is 2.33 bits per heavy atom. The van der Waals surface area contributed by atoms with Gasteiger partial charge in [0, 0.05) is 12.4 Å². The van der Waals surface area contributed by atoms with Gasteiger partial charge in [-0.3, -0.25) is 4.98 Å². The molecule has 1 nitrogen and oxygen atoms in total. The predicted octanol–water partition coefficient (Wildman–Crippen LogP) is 4.36. The van der Waals surface area contributed by atoms with Gasteiger partial charge < -0.3 is 0 Å². The summed E-state index contributed by atoms with van der Waals surface area (Å²) in [6.45, 7) is 4.56. The maximum atomic E-state index is 4.12. The first kappa shape index (κ1) is 11.5. The highest BCUT2D eigenvalue weighted by Gasteiger charge is 2.16. The second-order valence-corrected chi connectivity index (χ2v) is 5.45. The van der Waals surface area contributed by atoms with Gasteiger partial charge in [0.1, 0.15) is 0 Å². The molecule has 1 aromatic heterocycles. The molecule has 0 N–H and O–H groups in total. The lowest BCUT2D eigenvalue weighted by molar-refractivity contribution is 0.864. The first-order chi connectivity index (χ1) is 8.75. The van der Waals surface area contributed by atoms with Crippen LogP contribution >= 0.6 is 0 Å². The highest BCUT2D eigenvalue weighted by Crippen LogP contribution is 2.34. The van der Waals surface area contributed by atoms with Crippen molar-refractivity contribution in [3.8, 4) is 11.1 Å². The van der Waals surface area contributed by atoms with Crippen LogP contribution in [0.4, 0.5) is 0 Å². The number of fused-ring (bicyclic) bond motifs is 1. The summed E-state index contributed by atoms with van der Waals surface area (Å²) in [7, 11) is 0. The Bertz CT molecular complexity index is 555. The number of benzene rings is 1. The minimum Gasteiger partial charge on any atom is -0.265 e. The second-order valence-electron chi connectivity index (χ2n) is 5.45. The Balaban J connectivity index is 2.18. The Morgan fingerprint density at radius 1 is 1.00 bits per heavy atom. The molecule has 0 spiro atoms. The Kier molecular flexibility index (Phi) is 2.91. The van der Waals surface area contributed by atoms with E-state index in [1.54, 1.807) is 11.1 Å². The monoisotopic (exact) mass is 237 g/mol. The fourth-order valence-corrected chi connectivity index (χ4v) is 2.90. The van der Waals surface area contributed by atoms with Crippen molar-refractivity contribution in [3.63, 3.8) is 0 Å². The van der Waals surface area contributed by atoms with Crippen molar-refractivity contribution >= 4 is 0 Å². The average molecular weight is 237 g/mol. The molecule has 0 saturated carbocycles. The van der Waals surface area contributed by atoms with Crippen LogP contribution in [0.2, 0.25) is 0 Å². The van der Waals surface area contributed by atoms with Crippen molar-refractivity contribution in [2.75, 3.05) is 0 Å². The molecule has 0 saturated heterocycles. The van der Waals surface area contributed by atoms with Crippen LogP contribution in [0.1, 0.15) is 42.9 Å². The van der Waals surface area contributed by atoms with E-state index in [-0.39, 0.29) is 0 Å². The van der Waals surface area contributed by atoms with Crippen molar-refractivity contribution in [2.45, 2.75) is 39.0 Å². The predicted molar refractivity (Wildman–Crippen MR) is 75.8 cm³/mol. The fraction of sp³-hybridized carbons (Fsp3) is 0.353. The molecule has 1 heteroatoms. The van der Waals surface area contributed by atoms with Crippen molar-refractivity contribution < 1.29 is 0 Å². The molecular weight excluding hydrogens is 218 g/mol. The molecule has 1 aromatic carbocycles. The third kappa shape index (κ3) is 1.94. The van der Waals surface area contributed by atoms with Gasteiger partial charge in [0.05, 0.1) is 0 Å². The standard InChI is InChI=1S/C17H19N/c1-12(2)16-10-14-4-3-5-15(14)11-17(16)13-6-8-18-9-7-13/h6-12H,3-5H2,1-2H3. The molecule has 0 atom stereocenters. The first-order valence-electron chi connectivity index (χ1n) is 6.82. The molecule has 1 aliphatic carbocycles. The largest absolute Gasteiger partial charge is 0.265 e.